The molecule has 9 nitrogen and oxygen atoms in total. The van der Waals surface area contributed by atoms with Crippen molar-refractivity contribution in [2.75, 3.05) is 17.2 Å². The van der Waals surface area contributed by atoms with Crippen molar-refractivity contribution >= 4 is 47.0 Å². The summed E-state index contributed by atoms with van der Waals surface area (Å²) < 4.78 is 1.73. The number of aliphatic carboxylic acids is 1. The van der Waals surface area contributed by atoms with Crippen LogP contribution in [0.2, 0.25) is 0 Å². The van der Waals surface area contributed by atoms with Gasteiger partial charge in [0, 0.05) is 11.0 Å². The van der Waals surface area contributed by atoms with E-state index in [9.17, 15) is 14.7 Å². The number of aromatic nitrogens is 2. The van der Waals surface area contributed by atoms with Crippen molar-refractivity contribution in [2.24, 2.45) is 12.8 Å². The molecule has 11 heteroatoms. The molecule has 1 aromatic heterocycles. The molecule has 1 fully saturated rings. The zero-order chi connectivity index (χ0) is 18.5. The number of fused-ring (bicyclic) bond motifs is 1. The van der Waals surface area contributed by atoms with Gasteiger partial charge in [-0.05, 0) is 13.0 Å². The van der Waals surface area contributed by atoms with Crippen LogP contribution in [-0.2, 0) is 16.6 Å². The van der Waals surface area contributed by atoms with Gasteiger partial charge in [0.2, 0.25) is 17.5 Å². The van der Waals surface area contributed by atoms with Gasteiger partial charge in [-0.1, -0.05) is 16.7 Å². The quantitative estimate of drug-likeness (QED) is 0.226. The minimum atomic E-state index is -1.38. The Bertz CT molecular complexity index is 799. The molecule has 0 aromatic carbocycles. The van der Waals surface area contributed by atoms with Crippen molar-refractivity contribution in [1.29, 1.82) is 0 Å². The average Bonchev–Trinajstić information content (AvgIpc) is 2.60. The van der Waals surface area contributed by atoms with Crippen LogP contribution in [0.5, 0.6) is 0 Å². The van der Waals surface area contributed by atoms with E-state index in [0.29, 0.717) is 28.1 Å². The zero-order valence-electron chi connectivity index (χ0n) is 13.6. The minimum absolute atomic E-state index is 0.124. The van der Waals surface area contributed by atoms with Crippen LogP contribution in [0.3, 0.4) is 0 Å². The number of nitrogen functional groups attached to an aromatic ring is 2. The molecule has 2 unspecified atom stereocenters. The van der Waals surface area contributed by atoms with E-state index in [0.717, 1.165) is 0 Å². The summed E-state index contributed by atoms with van der Waals surface area (Å²) in [7, 11) is 1.79. The third-order valence-corrected chi connectivity index (χ3v) is 7.02. The molecule has 1 amide bonds. The Hall–Kier alpha value is -1.98. The van der Waals surface area contributed by atoms with Gasteiger partial charge >= 0.3 is 5.16 Å². The molecule has 2 aliphatic rings. The number of thioether (sulfide) groups is 2. The summed E-state index contributed by atoms with van der Waals surface area (Å²) in [5, 5.41) is 11.4. The van der Waals surface area contributed by atoms with Gasteiger partial charge in [-0.15, -0.1) is 11.8 Å². The lowest BCUT2D eigenvalue weighted by Crippen LogP contribution is -2.69. The first-order chi connectivity index (χ1) is 11.7. The first-order valence-electron chi connectivity index (χ1n) is 7.44. The van der Waals surface area contributed by atoms with Gasteiger partial charge in [0.15, 0.2) is 0 Å². The summed E-state index contributed by atoms with van der Waals surface area (Å²) >= 11 is 2.85. The van der Waals surface area contributed by atoms with E-state index in [-0.39, 0.29) is 16.3 Å². The van der Waals surface area contributed by atoms with Crippen molar-refractivity contribution in [3.05, 3.63) is 17.3 Å². The molecular weight excluding hydrogens is 364 g/mol. The fourth-order valence-electron chi connectivity index (χ4n) is 2.65. The van der Waals surface area contributed by atoms with E-state index in [1.807, 2.05) is 0 Å². The fraction of sp³-hybridized carbons (Fsp3) is 0.429. The maximum atomic E-state index is 11.8. The highest BCUT2D eigenvalue weighted by molar-refractivity contribution is 8.03. The largest absolute Gasteiger partial charge is 0.543 e. The number of hydrogen-bond donors (Lipinski definition) is 3. The topological polar surface area (TPSA) is 155 Å². The van der Waals surface area contributed by atoms with Crippen molar-refractivity contribution < 1.29 is 19.3 Å². The molecule has 25 heavy (non-hydrogen) atoms. The van der Waals surface area contributed by atoms with Crippen molar-refractivity contribution in [3.8, 4) is 0 Å². The summed E-state index contributed by atoms with van der Waals surface area (Å²) in [5.41, 5.74) is 18.2. The molecule has 1 saturated heterocycles. The normalized spacial score (nSPS) is 25.2. The molecule has 0 saturated carbocycles. The Balaban J connectivity index is 1.79. The first kappa shape index (κ1) is 17.8. The van der Waals surface area contributed by atoms with Gasteiger partial charge in [0.25, 0.3) is 0 Å². The molecule has 0 spiro atoms. The third-order valence-electron chi connectivity index (χ3n) is 4.22. The van der Waals surface area contributed by atoms with E-state index >= 15 is 0 Å². The predicted molar refractivity (Wildman–Crippen MR) is 92.8 cm³/mol. The van der Waals surface area contributed by atoms with Crippen LogP contribution in [0.4, 0.5) is 11.6 Å². The SMILES string of the molecule is Cc1c(N)nc(SCC2C=C(C(=O)[O-])N3C(=O)C(N)[C@H]3S2)[n+](C)c1N. The Kier molecular flexibility index (Phi) is 4.56. The number of hydrogen-bond acceptors (Lipinski definition) is 9. The number of nitrogens with zero attached hydrogens (tertiary/aromatic N) is 3. The van der Waals surface area contributed by atoms with E-state index in [1.54, 1.807) is 18.5 Å². The molecular formula is C14H18N6O3S2. The standard InChI is InChI=1S/C14H18N6O3S2/c1-5-9(16)18-14(19(2)10(5)17)24-4-6-3-7(13(22)23)20-11(21)8(15)12(20)25-6/h3,6,8,12H,4,15H2,1-2H3,(H4,16,17,22,23)/t6?,8?,12-/m1/s1. The van der Waals surface area contributed by atoms with Crippen LogP contribution in [0.15, 0.2) is 16.9 Å². The Morgan fingerprint density at radius 3 is 2.84 bits per heavy atom. The van der Waals surface area contributed by atoms with Gasteiger partial charge in [0.05, 0.1) is 24.3 Å². The summed E-state index contributed by atoms with van der Waals surface area (Å²) in [5.74, 6) is -0.373. The van der Waals surface area contributed by atoms with Crippen molar-refractivity contribution in [1.82, 2.24) is 9.88 Å². The lowest BCUT2D eigenvalue weighted by molar-refractivity contribution is -0.699. The molecule has 3 atom stereocenters. The van der Waals surface area contributed by atoms with Crippen LogP contribution < -0.4 is 26.9 Å². The van der Waals surface area contributed by atoms with Crippen molar-refractivity contribution in [3.63, 3.8) is 0 Å². The summed E-state index contributed by atoms with van der Waals surface area (Å²) in [6.07, 6.45) is 1.52. The van der Waals surface area contributed by atoms with Crippen LogP contribution in [0.1, 0.15) is 5.56 Å². The maximum absolute atomic E-state index is 11.8. The summed E-state index contributed by atoms with van der Waals surface area (Å²) in [6, 6.07) is -0.694. The van der Waals surface area contributed by atoms with Crippen LogP contribution in [-0.4, -0.2) is 44.2 Å². The summed E-state index contributed by atoms with van der Waals surface area (Å²) in [6.45, 7) is 1.79. The number of carboxylic acid groups (broad SMARTS) is 1. The molecule has 134 valence electrons. The predicted octanol–water partition coefficient (Wildman–Crippen LogP) is -2.28. The van der Waals surface area contributed by atoms with Gasteiger partial charge in [0.1, 0.15) is 11.4 Å². The second-order valence-corrected chi connectivity index (χ2v) is 8.15. The average molecular weight is 382 g/mol. The first-order valence-corrected chi connectivity index (χ1v) is 9.36. The minimum Gasteiger partial charge on any atom is -0.543 e. The Morgan fingerprint density at radius 1 is 1.52 bits per heavy atom. The fourth-order valence-corrected chi connectivity index (χ4v) is 5.22. The number of rotatable bonds is 4. The molecule has 6 N–H and O–H groups in total. The van der Waals surface area contributed by atoms with Crippen LogP contribution in [0.25, 0.3) is 0 Å². The Morgan fingerprint density at radius 2 is 2.20 bits per heavy atom. The number of nitrogens with two attached hydrogens (primary N) is 3. The molecule has 0 aliphatic carbocycles. The van der Waals surface area contributed by atoms with Gasteiger partial charge in [-0.2, -0.15) is 0 Å². The van der Waals surface area contributed by atoms with E-state index in [4.69, 9.17) is 17.2 Å². The maximum Gasteiger partial charge on any atom is 0.300 e. The monoisotopic (exact) mass is 382 g/mol. The number of carboxylic acids is 1. The van der Waals surface area contributed by atoms with Gasteiger partial charge in [-0.25, -0.2) is 4.57 Å². The van der Waals surface area contributed by atoms with E-state index in [2.05, 4.69) is 4.98 Å². The smallest absolute Gasteiger partial charge is 0.300 e. The highest BCUT2D eigenvalue weighted by Crippen LogP contribution is 2.41. The summed E-state index contributed by atoms with van der Waals surface area (Å²) in [4.78, 5) is 28.6. The molecule has 3 heterocycles. The van der Waals surface area contributed by atoms with E-state index in [1.165, 1.54) is 34.5 Å². The lowest BCUT2D eigenvalue weighted by Gasteiger charge is -2.49. The van der Waals surface area contributed by atoms with Gasteiger partial charge in [-0.3, -0.25) is 9.69 Å². The number of carbonyl (C=O) groups excluding carboxylic acids is 2. The molecule has 3 rings (SSSR count). The zero-order valence-corrected chi connectivity index (χ0v) is 15.3. The van der Waals surface area contributed by atoms with Gasteiger partial charge < -0.3 is 27.1 Å². The highest BCUT2D eigenvalue weighted by atomic mass is 32.2. The number of anilines is 2. The van der Waals surface area contributed by atoms with Crippen LogP contribution >= 0.6 is 23.5 Å². The van der Waals surface area contributed by atoms with Crippen molar-refractivity contribution in [2.45, 2.75) is 28.7 Å². The van der Waals surface area contributed by atoms with E-state index < -0.39 is 17.9 Å². The van der Waals surface area contributed by atoms with Crippen LogP contribution in [0, 0.1) is 6.92 Å². The number of carbonyl (C=O) groups is 2. The number of amides is 1. The lowest BCUT2D eigenvalue weighted by atomic mass is 10.1. The number of β-lactam (4-membered cyclic amide) rings is 1. The third kappa shape index (κ3) is 2.92. The second-order valence-electron chi connectivity index (χ2n) is 5.80. The molecule has 1 aromatic rings. The molecule has 0 bridgehead atoms. The molecule has 0 radical (unpaired) electrons. The molecule has 2 aliphatic heterocycles. The highest BCUT2D eigenvalue weighted by Gasteiger charge is 2.50. The second kappa shape index (κ2) is 6.39. The Labute approximate surface area is 152 Å².